The zero-order valence-electron chi connectivity index (χ0n) is 16.2. The highest BCUT2D eigenvalue weighted by Crippen LogP contribution is 2.22. The van der Waals surface area contributed by atoms with Gasteiger partial charge in [-0.3, -0.25) is 4.79 Å². The lowest BCUT2D eigenvalue weighted by molar-refractivity contribution is 0.0788. The number of hydrogen-bond acceptors (Lipinski definition) is 5. The molecule has 2 amide bonds. The standard InChI is InChI=1S/C21H23ClN4O3/c1-25-8-6-14-10-15(2-3-16(14)12-25)20(27)26-9-7-18(13-26)24-21(28)29-19-5-4-17(22)11-23-19/h2-5,10-11,18H,6-9,12-13H2,1H3,(H,24,28)/t18-/m1/s1. The van der Waals surface area contributed by atoms with Crippen molar-refractivity contribution in [1.29, 1.82) is 0 Å². The molecule has 8 heteroatoms. The Morgan fingerprint density at radius 3 is 2.86 bits per heavy atom. The smallest absolute Gasteiger partial charge is 0.391 e. The number of hydrogen-bond donors (Lipinski definition) is 1. The van der Waals surface area contributed by atoms with Gasteiger partial charge in [-0.25, -0.2) is 9.78 Å². The van der Waals surface area contributed by atoms with Crippen LogP contribution in [0.5, 0.6) is 5.88 Å². The van der Waals surface area contributed by atoms with Crippen molar-refractivity contribution in [3.8, 4) is 5.88 Å². The number of ether oxygens (including phenoxy) is 1. The van der Waals surface area contributed by atoms with E-state index >= 15 is 0 Å². The topological polar surface area (TPSA) is 74.8 Å². The molecule has 0 saturated carbocycles. The molecule has 1 saturated heterocycles. The monoisotopic (exact) mass is 414 g/mol. The van der Waals surface area contributed by atoms with E-state index < -0.39 is 6.09 Å². The van der Waals surface area contributed by atoms with E-state index in [-0.39, 0.29) is 17.8 Å². The van der Waals surface area contributed by atoms with E-state index in [0.29, 0.717) is 30.1 Å². The predicted molar refractivity (Wildman–Crippen MR) is 109 cm³/mol. The van der Waals surface area contributed by atoms with Gasteiger partial charge in [-0.05, 0) is 49.2 Å². The number of pyridine rings is 1. The molecule has 1 fully saturated rings. The summed E-state index contributed by atoms with van der Waals surface area (Å²) < 4.78 is 5.16. The number of fused-ring (bicyclic) bond motifs is 1. The van der Waals surface area contributed by atoms with Crippen molar-refractivity contribution < 1.29 is 14.3 Å². The van der Waals surface area contributed by atoms with E-state index in [1.54, 1.807) is 11.0 Å². The maximum Gasteiger partial charge on any atom is 0.414 e. The third-order valence-electron chi connectivity index (χ3n) is 5.35. The number of likely N-dealkylation sites (tertiary alicyclic amines) is 1. The van der Waals surface area contributed by atoms with Gasteiger partial charge in [0.2, 0.25) is 5.88 Å². The summed E-state index contributed by atoms with van der Waals surface area (Å²) in [6, 6.07) is 8.96. The Balaban J connectivity index is 1.33. The molecule has 2 aliphatic rings. The van der Waals surface area contributed by atoms with Crippen molar-refractivity contribution in [2.45, 2.75) is 25.4 Å². The van der Waals surface area contributed by atoms with Crippen LogP contribution < -0.4 is 10.1 Å². The predicted octanol–water partition coefficient (Wildman–Crippen LogP) is 2.73. The van der Waals surface area contributed by atoms with Gasteiger partial charge in [-0.15, -0.1) is 0 Å². The maximum absolute atomic E-state index is 12.9. The highest BCUT2D eigenvalue weighted by molar-refractivity contribution is 6.30. The molecule has 3 heterocycles. The zero-order chi connectivity index (χ0) is 20.4. The number of rotatable bonds is 3. The van der Waals surface area contributed by atoms with E-state index in [9.17, 15) is 9.59 Å². The fourth-order valence-electron chi connectivity index (χ4n) is 3.79. The van der Waals surface area contributed by atoms with Crippen LogP contribution in [0.2, 0.25) is 5.02 Å². The second-order valence-electron chi connectivity index (χ2n) is 7.56. The van der Waals surface area contributed by atoms with Gasteiger partial charge >= 0.3 is 6.09 Å². The van der Waals surface area contributed by atoms with Crippen molar-refractivity contribution in [2.24, 2.45) is 0 Å². The molecule has 2 aromatic rings. The van der Waals surface area contributed by atoms with Crippen molar-refractivity contribution in [2.75, 3.05) is 26.7 Å². The molecular formula is C21H23ClN4O3. The van der Waals surface area contributed by atoms with Crippen LogP contribution in [-0.4, -0.2) is 59.5 Å². The fourth-order valence-corrected chi connectivity index (χ4v) is 3.90. The Kier molecular flexibility index (Phi) is 5.69. The van der Waals surface area contributed by atoms with Gasteiger partial charge in [0.25, 0.3) is 5.91 Å². The molecule has 0 unspecified atom stereocenters. The molecular weight excluding hydrogens is 392 g/mol. The number of benzene rings is 1. The molecule has 1 N–H and O–H groups in total. The molecule has 0 bridgehead atoms. The number of amides is 2. The molecule has 1 atom stereocenters. The fraction of sp³-hybridized carbons (Fsp3) is 0.381. The summed E-state index contributed by atoms with van der Waals surface area (Å²) in [5.74, 6) is 0.182. The van der Waals surface area contributed by atoms with E-state index in [4.69, 9.17) is 16.3 Å². The Morgan fingerprint density at radius 2 is 2.07 bits per heavy atom. The summed E-state index contributed by atoms with van der Waals surface area (Å²) in [6.45, 7) is 2.99. The Labute approximate surface area is 174 Å². The second-order valence-corrected chi connectivity index (χ2v) is 7.99. The first-order valence-electron chi connectivity index (χ1n) is 9.67. The molecule has 29 heavy (non-hydrogen) atoms. The number of aromatic nitrogens is 1. The molecule has 0 aliphatic carbocycles. The Morgan fingerprint density at radius 1 is 1.21 bits per heavy atom. The maximum atomic E-state index is 12.9. The minimum Gasteiger partial charge on any atom is -0.391 e. The van der Waals surface area contributed by atoms with Gasteiger partial charge in [-0.1, -0.05) is 17.7 Å². The highest BCUT2D eigenvalue weighted by atomic mass is 35.5. The van der Waals surface area contributed by atoms with Crippen molar-refractivity contribution in [1.82, 2.24) is 20.1 Å². The molecule has 4 rings (SSSR count). The van der Waals surface area contributed by atoms with Crippen LogP contribution >= 0.6 is 11.6 Å². The first kappa shape index (κ1) is 19.7. The SMILES string of the molecule is CN1CCc2cc(C(=O)N3CC[C@@H](NC(=O)Oc4ccc(Cl)cn4)C3)ccc2C1. The average molecular weight is 415 g/mol. The molecule has 0 radical (unpaired) electrons. The first-order chi connectivity index (χ1) is 14.0. The molecule has 152 valence electrons. The normalized spacial score (nSPS) is 19.0. The lowest BCUT2D eigenvalue weighted by Gasteiger charge is -2.25. The van der Waals surface area contributed by atoms with Gasteiger partial charge in [-0.2, -0.15) is 0 Å². The first-order valence-corrected chi connectivity index (χ1v) is 10.1. The molecule has 0 spiro atoms. The lowest BCUT2D eigenvalue weighted by Crippen LogP contribution is -2.40. The van der Waals surface area contributed by atoms with Gasteiger partial charge in [0, 0.05) is 44.0 Å². The van der Waals surface area contributed by atoms with E-state index in [1.807, 2.05) is 12.1 Å². The van der Waals surface area contributed by atoms with Crippen LogP contribution in [0.1, 0.15) is 27.9 Å². The summed E-state index contributed by atoms with van der Waals surface area (Å²) in [7, 11) is 2.10. The van der Waals surface area contributed by atoms with Crippen LogP contribution in [0, 0.1) is 0 Å². The van der Waals surface area contributed by atoms with E-state index in [0.717, 1.165) is 19.5 Å². The Bertz CT molecular complexity index is 919. The van der Waals surface area contributed by atoms with E-state index in [1.165, 1.54) is 23.4 Å². The Hall–Kier alpha value is -2.64. The van der Waals surface area contributed by atoms with Gasteiger partial charge in [0.1, 0.15) is 0 Å². The number of nitrogens with one attached hydrogen (secondary N) is 1. The van der Waals surface area contributed by atoms with Crippen LogP contribution in [0.25, 0.3) is 0 Å². The van der Waals surface area contributed by atoms with Crippen LogP contribution in [0.15, 0.2) is 36.5 Å². The summed E-state index contributed by atoms with van der Waals surface area (Å²) in [4.78, 5) is 33.0. The third-order valence-corrected chi connectivity index (χ3v) is 5.57. The minimum atomic E-state index is -0.586. The van der Waals surface area contributed by atoms with Crippen LogP contribution in [-0.2, 0) is 13.0 Å². The number of carbonyl (C=O) groups is 2. The molecule has 2 aliphatic heterocycles. The van der Waals surface area contributed by atoms with Crippen LogP contribution in [0.4, 0.5) is 4.79 Å². The third kappa shape index (κ3) is 4.68. The lowest BCUT2D eigenvalue weighted by atomic mass is 9.97. The second kappa shape index (κ2) is 8.39. The van der Waals surface area contributed by atoms with Crippen LogP contribution in [0.3, 0.4) is 0 Å². The van der Waals surface area contributed by atoms with Crippen molar-refractivity contribution >= 4 is 23.6 Å². The summed E-state index contributed by atoms with van der Waals surface area (Å²) >= 11 is 5.77. The summed E-state index contributed by atoms with van der Waals surface area (Å²) in [5.41, 5.74) is 3.25. The highest BCUT2D eigenvalue weighted by Gasteiger charge is 2.29. The zero-order valence-corrected chi connectivity index (χ0v) is 17.0. The van der Waals surface area contributed by atoms with Gasteiger partial charge in [0.05, 0.1) is 11.1 Å². The van der Waals surface area contributed by atoms with Gasteiger partial charge < -0.3 is 19.9 Å². The number of halogens is 1. The van der Waals surface area contributed by atoms with Crippen molar-refractivity contribution in [3.63, 3.8) is 0 Å². The number of carbonyl (C=O) groups excluding carboxylic acids is 2. The van der Waals surface area contributed by atoms with Crippen molar-refractivity contribution in [3.05, 3.63) is 58.2 Å². The summed E-state index contributed by atoms with van der Waals surface area (Å²) in [5, 5.41) is 3.27. The molecule has 7 nitrogen and oxygen atoms in total. The number of nitrogens with zero attached hydrogens (tertiary/aromatic N) is 3. The number of likely N-dealkylation sites (N-methyl/N-ethyl adjacent to an activating group) is 1. The largest absolute Gasteiger partial charge is 0.414 e. The minimum absolute atomic E-state index is 0.00348. The average Bonchev–Trinajstić information content (AvgIpc) is 3.17. The molecule has 1 aromatic heterocycles. The van der Waals surface area contributed by atoms with E-state index in [2.05, 4.69) is 28.3 Å². The quantitative estimate of drug-likeness (QED) is 0.835. The molecule has 1 aromatic carbocycles. The van der Waals surface area contributed by atoms with Gasteiger partial charge in [0.15, 0.2) is 0 Å². The summed E-state index contributed by atoms with van der Waals surface area (Å²) in [6.07, 6.45) is 2.47.